The number of rotatable bonds is 4. The number of para-hydroxylation sites is 1. The number of nitriles is 1. The van der Waals surface area contributed by atoms with Gasteiger partial charge in [-0.2, -0.15) is 5.26 Å². The number of likely N-dealkylation sites (N-methyl/N-ethyl adjacent to an activating group) is 1. The Morgan fingerprint density at radius 2 is 2.17 bits per heavy atom. The monoisotopic (exact) mass is 393 g/mol. The van der Waals surface area contributed by atoms with Crippen LogP contribution < -0.4 is 15.4 Å². The van der Waals surface area contributed by atoms with Crippen LogP contribution in [0.3, 0.4) is 0 Å². The number of hydrogen-bond donors (Lipinski definition) is 2. The molecule has 1 unspecified atom stereocenters. The van der Waals surface area contributed by atoms with E-state index in [9.17, 15) is 14.9 Å². The fourth-order valence-electron chi connectivity index (χ4n) is 4.16. The van der Waals surface area contributed by atoms with Gasteiger partial charge in [0.1, 0.15) is 17.1 Å². The van der Waals surface area contributed by atoms with Crippen LogP contribution in [0.2, 0.25) is 0 Å². The molecule has 0 saturated carbocycles. The SMILES string of the molecule is CCOC(=O)Cc1[nH]nc2c1C1(C(=O)N(CC)c3ccccc31)C(C#N)=C(N)O2. The Morgan fingerprint density at radius 3 is 2.86 bits per heavy atom. The average molecular weight is 393 g/mol. The number of carbonyl (C=O) groups excluding carboxylic acids is 2. The number of amides is 1. The maximum Gasteiger partial charge on any atom is 0.311 e. The van der Waals surface area contributed by atoms with Crippen molar-refractivity contribution in [3.63, 3.8) is 0 Å². The molecule has 1 aromatic carbocycles. The highest BCUT2D eigenvalue weighted by Gasteiger charge is 2.60. The van der Waals surface area contributed by atoms with Crippen molar-refractivity contribution in [1.29, 1.82) is 5.26 Å². The molecule has 9 nitrogen and oxygen atoms in total. The minimum Gasteiger partial charge on any atom is -0.466 e. The third-order valence-electron chi connectivity index (χ3n) is 5.23. The fraction of sp³-hybridized carbons (Fsp3) is 0.300. The molecule has 1 aromatic heterocycles. The van der Waals surface area contributed by atoms with Crippen LogP contribution in [0.5, 0.6) is 5.88 Å². The van der Waals surface area contributed by atoms with Crippen molar-refractivity contribution < 1.29 is 19.1 Å². The summed E-state index contributed by atoms with van der Waals surface area (Å²) in [7, 11) is 0. The number of aromatic amines is 1. The second kappa shape index (κ2) is 6.67. The highest BCUT2D eigenvalue weighted by atomic mass is 16.5. The first-order valence-electron chi connectivity index (χ1n) is 9.23. The summed E-state index contributed by atoms with van der Waals surface area (Å²) in [6.45, 7) is 4.18. The Balaban J connectivity index is 2.03. The van der Waals surface area contributed by atoms with Gasteiger partial charge in [-0.15, -0.1) is 5.10 Å². The molecule has 0 radical (unpaired) electrons. The number of nitrogens with one attached hydrogen (secondary N) is 1. The zero-order chi connectivity index (χ0) is 20.8. The van der Waals surface area contributed by atoms with Gasteiger partial charge in [-0.1, -0.05) is 18.2 Å². The lowest BCUT2D eigenvalue weighted by Crippen LogP contribution is -2.46. The number of aromatic nitrogens is 2. The maximum absolute atomic E-state index is 13.8. The Kier molecular flexibility index (Phi) is 4.27. The molecular formula is C20H19N5O4. The van der Waals surface area contributed by atoms with Crippen LogP contribution >= 0.6 is 0 Å². The molecule has 0 aliphatic carbocycles. The minimum atomic E-state index is -1.53. The van der Waals surface area contributed by atoms with E-state index in [1.165, 1.54) is 0 Å². The van der Waals surface area contributed by atoms with Crippen molar-refractivity contribution in [3.8, 4) is 11.9 Å². The summed E-state index contributed by atoms with van der Waals surface area (Å²) in [6, 6.07) is 9.27. The first-order chi connectivity index (χ1) is 14.0. The molecule has 2 aliphatic heterocycles. The van der Waals surface area contributed by atoms with Crippen molar-refractivity contribution in [2.45, 2.75) is 25.7 Å². The summed E-state index contributed by atoms with van der Waals surface area (Å²) < 4.78 is 10.6. The second-order valence-corrected chi connectivity index (χ2v) is 6.63. The molecule has 1 spiro atoms. The van der Waals surface area contributed by atoms with Crippen molar-refractivity contribution >= 4 is 17.6 Å². The molecule has 2 aliphatic rings. The Hall–Kier alpha value is -3.80. The van der Waals surface area contributed by atoms with E-state index in [1.54, 1.807) is 24.0 Å². The highest BCUT2D eigenvalue weighted by molar-refractivity contribution is 6.14. The van der Waals surface area contributed by atoms with Crippen LogP contribution in [0.15, 0.2) is 35.7 Å². The lowest BCUT2D eigenvalue weighted by molar-refractivity contribution is -0.142. The highest BCUT2D eigenvalue weighted by Crippen LogP contribution is 2.55. The molecule has 1 amide bonds. The zero-order valence-corrected chi connectivity index (χ0v) is 16.0. The lowest BCUT2D eigenvalue weighted by Gasteiger charge is -2.32. The van der Waals surface area contributed by atoms with Crippen molar-refractivity contribution in [3.05, 3.63) is 52.5 Å². The molecule has 0 fully saturated rings. The predicted molar refractivity (Wildman–Crippen MR) is 102 cm³/mol. The summed E-state index contributed by atoms with van der Waals surface area (Å²) >= 11 is 0. The van der Waals surface area contributed by atoms with Crippen molar-refractivity contribution in [1.82, 2.24) is 10.2 Å². The number of fused-ring (bicyclic) bond motifs is 4. The lowest BCUT2D eigenvalue weighted by atomic mass is 9.69. The van der Waals surface area contributed by atoms with Gasteiger partial charge in [0, 0.05) is 17.8 Å². The number of anilines is 1. The van der Waals surface area contributed by atoms with E-state index in [0.29, 0.717) is 29.1 Å². The predicted octanol–water partition coefficient (Wildman–Crippen LogP) is 1.25. The minimum absolute atomic E-state index is 0.0232. The molecular weight excluding hydrogens is 374 g/mol. The van der Waals surface area contributed by atoms with Crippen LogP contribution in [-0.4, -0.2) is 35.2 Å². The largest absolute Gasteiger partial charge is 0.466 e. The standard InChI is InChI=1S/C20H19N5O4/c1-3-25-14-8-6-5-7-11(14)20(19(25)27)12(10-21)17(22)29-18-16(20)13(23-24-18)9-15(26)28-4-2/h5-8H,3-4,9,22H2,1-2H3,(H,23,24). The number of hydrogen-bond acceptors (Lipinski definition) is 7. The van der Waals surface area contributed by atoms with Gasteiger partial charge < -0.3 is 20.1 Å². The van der Waals surface area contributed by atoms with Gasteiger partial charge in [0.05, 0.1) is 24.3 Å². The number of nitrogens with zero attached hydrogens (tertiary/aromatic N) is 3. The van der Waals surface area contributed by atoms with E-state index in [4.69, 9.17) is 15.2 Å². The Bertz CT molecular complexity index is 1100. The number of ether oxygens (including phenoxy) is 2. The van der Waals surface area contributed by atoms with Gasteiger partial charge in [-0.3, -0.25) is 14.7 Å². The van der Waals surface area contributed by atoms with E-state index in [0.717, 1.165) is 0 Å². The number of esters is 1. The maximum atomic E-state index is 13.8. The van der Waals surface area contributed by atoms with Gasteiger partial charge in [-0.05, 0) is 19.9 Å². The number of benzene rings is 1. The van der Waals surface area contributed by atoms with E-state index < -0.39 is 11.4 Å². The van der Waals surface area contributed by atoms with Gasteiger partial charge in [0.2, 0.25) is 17.7 Å². The molecule has 1 atom stereocenters. The van der Waals surface area contributed by atoms with Gasteiger partial charge in [0.15, 0.2) is 0 Å². The van der Waals surface area contributed by atoms with Crippen molar-refractivity contribution in [2.24, 2.45) is 5.73 Å². The van der Waals surface area contributed by atoms with E-state index in [1.807, 2.05) is 19.1 Å². The van der Waals surface area contributed by atoms with Gasteiger partial charge in [0.25, 0.3) is 0 Å². The fourth-order valence-corrected chi connectivity index (χ4v) is 4.16. The summed E-state index contributed by atoms with van der Waals surface area (Å²) in [5, 5.41) is 16.8. The van der Waals surface area contributed by atoms with Crippen LogP contribution in [0.25, 0.3) is 0 Å². The Morgan fingerprint density at radius 1 is 1.41 bits per heavy atom. The first-order valence-corrected chi connectivity index (χ1v) is 9.23. The topological polar surface area (TPSA) is 134 Å². The average Bonchev–Trinajstić information content (AvgIpc) is 3.20. The molecule has 29 heavy (non-hydrogen) atoms. The summed E-state index contributed by atoms with van der Waals surface area (Å²) in [5.41, 5.74) is 6.43. The third-order valence-corrected chi connectivity index (χ3v) is 5.23. The summed E-state index contributed by atoms with van der Waals surface area (Å²) in [6.07, 6.45) is -0.151. The van der Waals surface area contributed by atoms with Crippen LogP contribution in [0.4, 0.5) is 5.69 Å². The second-order valence-electron chi connectivity index (χ2n) is 6.63. The van der Waals surface area contributed by atoms with Gasteiger partial charge in [-0.25, -0.2) is 0 Å². The van der Waals surface area contributed by atoms with Crippen LogP contribution in [0.1, 0.15) is 30.7 Å². The molecule has 4 rings (SSSR count). The van der Waals surface area contributed by atoms with E-state index in [-0.39, 0.29) is 36.3 Å². The zero-order valence-electron chi connectivity index (χ0n) is 16.0. The molecule has 3 N–H and O–H groups in total. The summed E-state index contributed by atoms with van der Waals surface area (Å²) in [5.74, 6) is -0.935. The quantitative estimate of drug-likeness (QED) is 0.747. The van der Waals surface area contributed by atoms with E-state index in [2.05, 4.69) is 16.3 Å². The molecule has 2 aromatic rings. The molecule has 0 bridgehead atoms. The molecule has 9 heteroatoms. The number of carbonyl (C=O) groups is 2. The number of nitrogens with two attached hydrogens (primary N) is 1. The summed E-state index contributed by atoms with van der Waals surface area (Å²) in [4.78, 5) is 27.5. The Labute approximate surface area is 166 Å². The van der Waals surface area contributed by atoms with E-state index >= 15 is 0 Å². The van der Waals surface area contributed by atoms with Crippen LogP contribution in [0, 0.1) is 11.3 Å². The molecule has 3 heterocycles. The third kappa shape index (κ3) is 2.35. The smallest absolute Gasteiger partial charge is 0.311 e. The molecule has 0 saturated heterocycles. The van der Waals surface area contributed by atoms with Crippen molar-refractivity contribution in [2.75, 3.05) is 18.1 Å². The first kappa shape index (κ1) is 18.6. The normalized spacial score (nSPS) is 19.6. The van der Waals surface area contributed by atoms with Crippen LogP contribution in [-0.2, 0) is 26.2 Å². The number of H-pyrrole nitrogens is 1. The molecule has 148 valence electrons. The van der Waals surface area contributed by atoms with Gasteiger partial charge >= 0.3 is 5.97 Å².